The van der Waals surface area contributed by atoms with Crippen LogP contribution in [0.3, 0.4) is 0 Å². The van der Waals surface area contributed by atoms with Gasteiger partial charge >= 0.3 is 0 Å². The van der Waals surface area contributed by atoms with Crippen LogP contribution in [0.2, 0.25) is 0 Å². The first-order chi connectivity index (χ1) is 12.4. The average Bonchev–Trinajstić information content (AvgIpc) is 3.10. The molecule has 1 amide bonds. The molecule has 2 N–H and O–H groups in total. The number of benzene rings is 1. The lowest BCUT2D eigenvalue weighted by atomic mass is 10.2. The maximum absolute atomic E-state index is 12.4. The number of methoxy groups -OCH3 is 1. The van der Waals surface area contributed by atoms with Crippen LogP contribution in [-0.4, -0.2) is 53.9 Å². The zero-order valence-corrected chi connectivity index (χ0v) is 15.9. The summed E-state index contributed by atoms with van der Waals surface area (Å²) in [4.78, 5) is 11.3. The first-order valence-electron chi connectivity index (χ1n) is 8.57. The third-order valence-corrected chi connectivity index (χ3v) is 5.34. The summed E-state index contributed by atoms with van der Waals surface area (Å²) in [7, 11) is -2.24. The molecule has 26 heavy (non-hydrogen) atoms. The second kappa shape index (κ2) is 9.86. The minimum atomic E-state index is -3.68. The van der Waals surface area contributed by atoms with Crippen LogP contribution in [-0.2, 0) is 24.3 Å². The molecule has 0 radical (unpaired) electrons. The van der Waals surface area contributed by atoms with E-state index in [-0.39, 0.29) is 23.5 Å². The smallest absolute Gasteiger partial charge is 0.240 e. The number of anilines is 1. The number of rotatable bonds is 10. The summed E-state index contributed by atoms with van der Waals surface area (Å²) in [5.74, 6) is 0.0795. The normalized spacial score (nSPS) is 17.2. The first-order valence-corrected chi connectivity index (χ1v) is 10.1. The topological polar surface area (TPSA) is 103 Å². The van der Waals surface area contributed by atoms with Gasteiger partial charge in [-0.3, -0.25) is 4.79 Å². The van der Waals surface area contributed by atoms with E-state index in [0.717, 1.165) is 19.4 Å². The summed E-state index contributed by atoms with van der Waals surface area (Å²) in [6.07, 6.45) is 2.80. The fourth-order valence-electron chi connectivity index (χ4n) is 2.60. The van der Waals surface area contributed by atoms with Crippen LogP contribution in [0.1, 0.15) is 26.2 Å². The number of nitrogens with one attached hydrogen (secondary N) is 2. The van der Waals surface area contributed by atoms with Crippen molar-refractivity contribution in [1.29, 1.82) is 0 Å². The third kappa shape index (κ3) is 6.24. The molecular weight excluding hydrogens is 360 g/mol. The fraction of sp³-hybridized carbons (Fsp3) is 0.588. The molecular formula is C17H26N2O6S. The van der Waals surface area contributed by atoms with E-state index in [1.165, 1.54) is 32.2 Å². The second-order valence-electron chi connectivity index (χ2n) is 6.00. The standard InChI is InChI=1S/C17H26N2O6S/c1-13(20)19-16-11-15(6-7-17(16)23-2)26(21,22)18-8-4-9-24-12-14-5-3-10-25-14/h6-7,11,14,18H,3-5,8-10,12H2,1-2H3,(H,19,20). The van der Waals surface area contributed by atoms with Crippen molar-refractivity contribution < 1.29 is 27.4 Å². The van der Waals surface area contributed by atoms with Gasteiger partial charge in [0.2, 0.25) is 15.9 Å². The van der Waals surface area contributed by atoms with Crippen molar-refractivity contribution >= 4 is 21.6 Å². The predicted octanol–water partition coefficient (Wildman–Crippen LogP) is 1.52. The van der Waals surface area contributed by atoms with Crippen molar-refractivity contribution in [1.82, 2.24) is 4.72 Å². The van der Waals surface area contributed by atoms with Gasteiger partial charge in [-0.15, -0.1) is 0 Å². The van der Waals surface area contributed by atoms with Gasteiger partial charge in [-0.05, 0) is 37.5 Å². The number of ether oxygens (including phenoxy) is 3. The number of hydrogen-bond acceptors (Lipinski definition) is 6. The van der Waals surface area contributed by atoms with Crippen LogP contribution in [0.4, 0.5) is 5.69 Å². The Morgan fingerprint density at radius 1 is 1.38 bits per heavy atom. The maximum atomic E-state index is 12.4. The molecule has 1 atom stereocenters. The van der Waals surface area contributed by atoms with Gasteiger partial charge in [0.05, 0.1) is 30.4 Å². The predicted molar refractivity (Wildman–Crippen MR) is 96.9 cm³/mol. The summed E-state index contributed by atoms with van der Waals surface area (Å²) < 4.78 is 43.4. The summed E-state index contributed by atoms with van der Waals surface area (Å²) >= 11 is 0. The molecule has 1 fully saturated rings. The van der Waals surface area contributed by atoms with E-state index in [0.29, 0.717) is 31.1 Å². The number of carbonyl (C=O) groups is 1. The highest BCUT2D eigenvalue weighted by molar-refractivity contribution is 7.89. The van der Waals surface area contributed by atoms with Gasteiger partial charge in [0.25, 0.3) is 0 Å². The van der Waals surface area contributed by atoms with Crippen molar-refractivity contribution in [2.75, 3.05) is 38.8 Å². The lowest BCUT2D eigenvalue weighted by Gasteiger charge is -2.12. The largest absolute Gasteiger partial charge is 0.495 e. The maximum Gasteiger partial charge on any atom is 0.240 e. The van der Waals surface area contributed by atoms with E-state index in [1.807, 2.05) is 0 Å². The summed E-state index contributed by atoms with van der Waals surface area (Å²) in [5, 5.41) is 2.56. The van der Waals surface area contributed by atoms with E-state index in [4.69, 9.17) is 14.2 Å². The van der Waals surface area contributed by atoms with E-state index < -0.39 is 10.0 Å². The highest BCUT2D eigenvalue weighted by atomic mass is 32.2. The Hall–Kier alpha value is -1.68. The second-order valence-corrected chi connectivity index (χ2v) is 7.77. The van der Waals surface area contributed by atoms with E-state index in [2.05, 4.69) is 10.0 Å². The molecule has 1 heterocycles. The van der Waals surface area contributed by atoms with Crippen molar-refractivity contribution in [2.24, 2.45) is 0 Å². The quantitative estimate of drug-likeness (QED) is 0.591. The Morgan fingerprint density at radius 2 is 2.19 bits per heavy atom. The SMILES string of the molecule is COc1ccc(S(=O)(=O)NCCCOCC2CCCO2)cc1NC(C)=O. The molecule has 1 aliphatic heterocycles. The van der Waals surface area contributed by atoms with Gasteiger partial charge in [0.1, 0.15) is 5.75 Å². The molecule has 0 aliphatic carbocycles. The minimum absolute atomic E-state index is 0.0577. The van der Waals surface area contributed by atoms with Crippen LogP contribution in [0, 0.1) is 0 Å². The zero-order valence-electron chi connectivity index (χ0n) is 15.1. The minimum Gasteiger partial charge on any atom is -0.495 e. The molecule has 146 valence electrons. The Kier molecular flexibility index (Phi) is 7.83. The van der Waals surface area contributed by atoms with Crippen molar-refractivity contribution in [3.05, 3.63) is 18.2 Å². The Balaban J connectivity index is 1.83. The molecule has 1 aromatic carbocycles. The third-order valence-electron chi connectivity index (χ3n) is 3.88. The fourth-order valence-corrected chi connectivity index (χ4v) is 3.70. The average molecular weight is 386 g/mol. The van der Waals surface area contributed by atoms with Gasteiger partial charge in [-0.2, -0.15) is 0 Å². The van der Waals surface area contributed by atoms with Crippen molar-refractivity contribution in [3.63, 3.8) is 0 Å². The Bertz CT molecular complexity index is 701. The summed E-state index contributed by atoms with van der Waals surface area (Å²) in [6.45, 7) is 3.40. The van der Waals surface area contributed by atoms with Gasteiger partial charge in [-0.1, -0.05) is 0 Å². The number of amides is 1. The molecule has 0 aromatic heterocycles. The number of sulfonamides is 1. The summed E-state index contributed by atoms with van der Waals surface area (Å²) in [5.41, 5.74) is 0.308. The van der Waals surface area contributed by atoms with E-state index >= 15 is 0 Å². The molecule has 2 rings (SSSR count). The van der Waals surface area contributed by atoms with Crippen LogP contribution >= 0.6 is 0 Å². The van der Waals surface area contributed by atoms with E-state index in [9.17, 15) is 13.2 Å². The Labute approximate surface area is 154 Å². The number of hydrogen-bond donors (Lipinski definition) is 2. The lowest BCUT2D eigenvalue weighted by molar-refractivity contribution is -0.114. The van der Waals surface area contributed by atoms with Gasteiger partial charge < -0.3 is 19.5 Å². The van der Waals surface area contributed by atoms with Gasteiger partial charge in [-0.25, -0.2) is 13.1 Å². The highest BCUT2D eigenvalue weighted by Crippen LogP contribution is 2.27. The molecule has 8 nitrogen and oxygen atoms in total. The van der Waals surface area contributed by atoms with E-state index in [1.54, 1.807) is 0 Å². The molecule has 0 bridgehead atoms. The molecule has 1 unspecified atom stereocenters. The molecule has 0 spiro atoms. The molecule has 9 heteroatoms. The van der Waals surface area contributed by atoms with Crippen LogP contribution in [0.5, 0.6) is 5.75 Å². The monoisotopic (exact) mass is 386 g/mol. The molecule has 1 aromatic rings. The van der Waals surface area contributed by atoms with Crippen LogP contribution in [0.15, 0.2) is 23.1 Å². The molecule has 1 aliphatic rings. The molecule has 0 saturated carbocycles. The highest BCUT2D eigenvalue weighted by Gasteiger charge is 2.17. The van der Waals surface area contributed by atoms with Crippen molar-refractivity contribution in [2.45, 2.75) is 37.2 Å². The van der Waals surface area contributed by atoms with Crippen molar-refractivity contribution in [3.8, 4) is 5.75 Å². The van der Waals surface area contributed by atoms with Crippen LogP contribution < -0.4 is 14.8 Å². The van der Waals surface area contributed by atoms with Gasteiger partial charge in [0.15, 0.2) is 0 Å². The Morgan fingerprint density at radius 3 is 2.85 bits per heavy atom. The van der Waals surface area contributed by atoms with Crippen LogP contribution in [0.25, 0.3) is 0 Å². The zero-order chi connectivity index (χ0) is 19.0. The lowest BCUT2D eigenvalue weighted by Crippen LogP contribution is -2.26. The van der Waals surface area contributed by atoms with Gasteiger partial charge in [0, 0.05) is 26.7 Å². The first kappa shape index (κ1) is 20.6. The molecule has 1 saturated heterocycles. The number of carbonyl (C=O) groups excluding carboxylic acids is 1. The summed E-state index contributed by atoms with van der Waals surface area (Å²) in [6, 6.07) is 4.31.